The maximum absolute atomic E-state index is 14.4. The molecule has 0 spiro atoms. The summed E-state index contributed by atoms with van der Waals surface area (Å²) in [6, 6.07) is 49.0. The molecule has 1 N–H and O–H groups in total. The van der Waals surface area contributed by atoms with Gasteiger partial charge < -0.3 is 14.8 Å². The Labute approximate surface area is 342 Å². The van der Waals surface area contributed by atoms with Crippen molar-refractivity contribution in [2.24, 2.45) is 11.8 Å². The largest absolute Gasteiger partial charge is 0.334 e. The van der Waals surface area contributed by atoms with Crippen molar-refractivity contribution >= 4 is 11.8 Å². The molecule has 2 fully saturated rings. The molecule has 1 saturated carbocycles. The molecule has 5 aromatic carbocycles. The second kappa shape index (κ2) is 17.8. The summed E-state index contributed by atoms with van der Waals surface area (Å²) in [6.45, 7) is 1.21. The fourth-order valence-corrected chi connectivity index (χ4v) is 9.44. The summed E-state index contributed by atoms with van der Waals surface area (Å²) in [4.78, 5) is 40.9. The summed E-state index contributed by atoms with van der Waals surface area (Å²) >= 11 is 0. The fourth-order valence-electron chi connectivity index (χ4n) is 9.44. The van der Waals surface area contributed by atoms with Crippen molar-refractivity contribution in [2.45, 2.75) is 56.1 Å². The number of benzene rings is 5. The van der Waals surface area contributed by atoms with Crippen molar-refractivity contribution in [1.29, 1.82) is 0 Å². The van der Waals surface area contributed by atoms with Crippen LogP contribution in [-0.4, -0.2) is 70.7 Å². The van der Waals surface area contributed by atoms with Crippen molar-refractivity contribution < 1.29 is 14.4 Å². The molecule has 1 aromatic heterocycles. The lowest BCUT2D eigenvalue weighted by molar-refractivity contribution is -0.171. The molecule has 296 valence electrons. The highest BCUT2D eigenvalue weighted by atomic mass is 16.7. The van der Waals surface area contributed by atoms with Crippen LogP contribution in [0.5, 0.6) is 0 Å². The quantitative estimate of drug-likeness (QED) is 0.0940. The Kier molecular flexibility index (Phi) is 11.9. The molecule has 8 nitrogen and oxygen atoms in total. The molecule has 1 aliphatic heterocycles. The molecule has 1 saturated heterocycles. The lowest BCUT2D eigenvalue weighted by atomic mass is 9.72. The first-order valence-electron chi connectivity index (χ1n) is 20.7. The van der Waals surface area contributed by atoms with Crippen molar-refractivity contribution in [2.75, 3.05) is 27.2 Å². The van der Waals surface area contributed by atoms with Gasteiger partial charge in [-0.25, -0.2) is 10.0 Å². The maximum Gasteiger partial charge on any atom is 0.263 e. The van der Waals surface area contributed by atoms with Gasteiger partial charge in [-0.05, 0) is 64.6 Å². The average Bonchev–Trinajstić information content (AvgIpc) is 3.77. The van der Waals surface area contributed by atoms with Crippen LogP contribution in [0.2, 0.25) is 0 Å². The van der Waals surface area contributed by atoms with Crippen LogP contribution in [0.4, 0.5) is 0 Å². The van der Waals surface area contributed by atoms with Gasteiger partial charge in [-0.15, -0.1) is 0 Å². The summed E-state index contributed by atoms with van der Waals surface area (Å²) in [7, 11) is 3.15. The van der Waals surface area contributed by atoms with Crippen molar-refractivity contribution in [3.8, 4) is 11.1 Å². The minimum atomic E-state index is -0.718. The van der Waals surface area contributed by atoms with Gasteiger partial charge in [0.2, 0.25) is 0 Å². The van der Waals surface area contributed by atoms with E-state index in [1.807, 2.05) is 67.0 Å². The van der Waals surface area contributed by atoms with Gasteiger partial charge in [0.25, 0.3) is 11.8 Å². The first-order chi connectivity index (χ1) is 28.4. The van der Waals surface area contributed by atoms with E-state index in [0.29, 0.717) is 30.4 Å². The van der Waals surface area contributed by atoms with Crippen LogP contribution < -0.4 is 5.32 Å². The van der Waals surface area contributed by atoms with Gasteiger partial charge in [-0.2, -0.15) is 0 Å². The molecule has 58 heavy (non-hydrogen) atoms. The smallest absolute Gasteiger partial charge is 0.263 e. The van der Waals surface area contributed by atoms with E-state index in [1.54, 1.807) is 7.05 Å². The van der Waals surface area contributed by atoms with Crippen LogP contribution in [0.3, 0.4) is 0 Å². The molecule has 2 heterocycles. The van der Waals surface area contributed by atoms with Crippen LogP contribution in [0.25, 0.3) is 11.1 Å². The third-order valence-electron chi connectivity index (χ3n) is 12.5. The zero-order chi connectivity index (χ0) is 39.9. The third kappa shape index (κ3) is 8.00. The van der Waals surface area contributed by atoms with Gasteiger partial charge in [0.1, 0.15) is 5.54 Å². The first kappa shape index (κ1) is 39.0. The van der Waals surface area contributed by atoms with Crippen LogP contribution >= 0.6 is 0 Å². The van der Waals surface area contributed by atoms with Crippen LogP contribution in [0.1, 0.15) is 64.8 Å². The first-order valence-corrected chi connectivity index (χ1v) is 20.7. The summed E-state index contributed by atoms with van der Waals surface area (Å²) in [5.41, 5.74) is 6.24. The van der Waals surface area contributed by atoms with Gasteiger partial charge in [-0.3, -0.25) is 14.4 Å². The number of likely N-dealkylation sites (tertiary alicyclic amines) is 1. The number of hydrogen-bond donors (Lipinski definition) is 1. The topological polar surface area (TPSA) is 79.7 Å². The van der Waals surface area contributed by atoms with E-state index in [2.05, 4.69) is 106 Å². The number of aromatic nitrogens is 2. The SMILES string of the molecule is CON(C)C(=O)C(Cc1cn(C(c2ccccc2)(c2ccccc2)c2ccccc2)cn1)NC[C@@H]1C[C@H]2CCCC[C@@H]2CN1C(=O)c1ccc(-c2ccccc2)cc1. The zero-order valence-corrected chi connectivity index (χ0v) is 33.5. The number of carbonyl (C=O) groups excluding carboxylic acids is 2. The van der Waals surface area contributed by atoms with Gasteiger partial charge in [0, 0.05) is 44.4 Å². The second-order valence-electron chi connectivity index (χ2n) is 15.9. The van der Waals surface area contributed by atoms with E-state index < -0.39 is 11.6 Å². The fraction of sp³-hybridized carbons (Fsp3) is 0.300. The third-order valence-corrected chi connectivity index (χ3v) is 12.5. The Morgan fingerprint density at radius 1 is 0.759 bits per heavy atom. The number of likely N-dealkylation sites (N-methyl/N-ethyl adjacent to an activating group) is 1. The molecule has 1 aliphatic carbocycles. The standard InChI is InChI=1S/C50H53N5O3/c1-53(58-2)49(57)47(32-45-35-54(36-52-45)50(42-21-9-4-10-22-42,43-23-11-5-12-24-43)44-25-13-6-14-26-44)51-33-46-31-40-19-15-16-20-41(40)34-55(46)48(56)39-29-27-38(28-30-39)37-17-7-3-8-18-37/h3-14,17-18,21-30,35-36,40-41,46-47,51H,15-16,19-20,31-34H2,1-2H3/t40-,41-,46+,47?/m1/s1. The minimum Gasteiger partial charge on any atom is -0.334 e. The van der Waals surface area contributed by atoms with Gasteiger partial charge in [0.05, 0.1) is 25.2 Å². The number of rotatable bonds is 13. The number of hydroxylamine groups is 2. The number of nitrogens with one attached hydrogen (secondary N) is 1. The Bertz CT molecular complexity index is 2150. The van der Waals surface area contributed by atoms with Crippen LogP contribution in [0, 0.1) is 11.8 Å². The number of fused-ring (bicyclic) bond motifs is 1. The van der Waals surface area contributed by atoms with Gasteiger partial charge >= 0.3 is 0 Å². The number of carbonyl (C=O) groups is 2. The maximum atomic E-state index is 14.4. The van der Waals surface area contributed by atoms with E-state index in [-0.39, 0.29) is 17.9 Å². The van der Waals surface area contributed by atoms with E-state index in [4.69, 9.17) is 9.82 Å². The monoisotopic (exact) mass is 771 g/mol. The Balaban J connectivity index is 1.08. The Morgan fingerprint density at radius 2 is 1.29 bits per heavy atom. The summed E-state index contributed by atoms with van der Waals surface area (Å²) < 4.78 is 2.18. The highest BCUT2D eigenvalue weighted by molar-refractivity contribution is 5.95. The highest BCUT2D eigenvalue weighted by Gasteiger charge is 2.41. The number of hydrogen-bond acceptors (Lipinski definition) is 5. The molecule has 4 atom stereocenters. The van der Waals surface area contributed by atoms with Crippen molar-refractivity contribution in [3.05, 3.63) is 186 Å². The molecule has 2 amide bonds. The van der Waals surface area contributed by atoms with E-state index in [9.17, 15) is 9.59 Å². The molecular formula is C50H53N5O3. The number of piperidine rings is 1. The number of amides is 2. The molecule has 8 rings (SSSR count). The lowest BCUT2D eigenvalue weighted by Crippen LogP contribution is -2.56. The van der Waals surface area contributed by atoms with Crippen LogP contribution in [0.15, 0.2) is 158 Å². The Hall–Kier alpha value is -5.83. The normalized spacial score (nSPS) is 18.6. The predicted molar refractivity (Wildman–Crippen MR) is 229 cm³/mol. The molecule has 1 unspecified atom stereocenters. The van der Waals surface area contributed by atoms with E-state index >= 15 is 0 Å². The predicted octanol–water partition coefficient (Wildman–Crippen LogP) is 8.63. The molecule has 6 aromatic rings. The Morgan fingerprint density at radius 3 is 1.86 bits per heavy atom. The average molecular weight is 772 g/mol. The second-order valence-corrected chi connectivity index (χ2v) is 15.9. The molecule has 0 radical (unpaired) electrons. The van der Waals surface area contributed by atoms with E-state index in [0.717, 1.165) is 52.9 Å². The van der Waals surface area contributed by atoms with E-state index in [1.165, 1.54) is 31.4 Å². The van der Waals surface area contributed by atoms with Crippen molar-refractivity contribution in [1.82, 2.24) is 24.8 Å². The lowest BCUT2D eigenvalue weighted by Gasteiger charge is -2.46. The molecule has 2 aliphatic rings. The number of imidazole rings is 1. The van der Waals surface area contributed by atoms with Gasteiger partial charge in [-0.1, -0.05) is 153 Å². The molecular weight excluding hydrogens is 719 g/mol. The highest BCUT2D eigenvalue weighted by Crippen LogP contribution is 2.41. The van der Waals surface area contributed by atoms with Crippen LogP contribution in [-0.2, 0) is 21.6 Å². The summed E-state index contributed by atoms with van der Waals surface area (Å²) in [6.07, 6.45) is 9.99. The van der Waals surface area contributed by atoms with Gasteiger partial charge in [0.15, 0.2) is 0 Å². The number of nitrogens with zero attached hydrogens (tertiary/aromatic N) is 4. The summed E-state index contributed by atoms with van der Waals surface area (Å²) in [5, 5.41) is 4.93. The molecule has 0 bridgehead atoms. The zero-order valence-electron chi connectivity index (χ0n) is 33.5. The summed E-state index contributed by atoms with van der Waals surface area (Å²) in [5.74, 6) is 0.916. The minimum absolute atomic E-state index is 0.0464. The van der Waals surface area contributed by atoms with Crippen molar-refractivity contribution in [3.63, 3.8) is 0 Å². The molecule has 8 heteroatoms.